The molecule has 1 saturated carbocycles. The van der Waals surface area contributed by atoms with Gasteiger partial charge in [-0.25, -0.2) is 0 Å². The molecule has 0 aliphatic heterocycles. The smallest absolute Gasteiger partial charge is 0.119 e. The van der Waals surface area contributed by atoms with E-state index in [-0.39, 0.29) is 6.10 Å². The molecular formula is C18H28O2. The summed E-state index contributed by atoms with van der Waals surface area (Å²) in [6, 6.07) is 7.96. The molecule has 1 aliphatic carbocycles. The first-order valence-electron chi connectivity index (χ1n) is 8.20. The monoisotopic (exact) mass is 276 g/mol. The lowest BCUT2D eigenvalue weighted by atomic mass is 10.0. The molecule has 2 heteroatoms. The Morgan fingerprint density at radius 1 is 1.20 bits per heavy atom. The van der Waals surface area contributed by atoms with E-state index in [1.165, 1.54) is 38.5 Å². The van der Waals surface area contributed by atoms with Gasteiger partial charge in [-0.2, -0.15) is 0 Å². The summed E-state index contributed by atoms with van der Waals surface area (Å²) in [5.74, 6) is 1.61. The summed E-state index contributed by atoms with van der Waals surface area (Å²) in [6.07, 6.45) is 9.52. The third kappa shape index (κ3) is 4.82. The van der Waals surface area contributed by atoms with Crippen molar-refractivity contribution in [2.24, 2.45) is 5.92 Å². The van der Waals surface area contributed by atoms with Gasteiger partial charge in [0, 0.05) is 0 Å². The molecule has 0 spiro atoms. The van der Waals surface area contributed by atoms with Gasteiger partial charge in [-0.05, 0) is 42.9 Å². The fourth-order valence-electron chi connectivity index (χ4n) is 3.00. The fourth-order valence-corrected chi connectivity index (χ4v) is 3.00. The van der Waals surface area contributed by atoms with Crippen molar-refractivity contribution in [1.82, 2.24) is 0 Å². The van der Waals surface area contributed by atoms with Crippen molar-refractivity contribution in [2.75, 3.05) is 6.61 Å². The second kappa shape index (κ2) is 8.31. The molecule has 1 N–H and O–H groups in total. The van der Waals surface area contributed by atoms with Crippen LogP contribution in [0.4, 0.5) is 0 Å². The number of ether oxygens (including phenoxy) is 1. The topological polar surface area (TPSA) is 29.5 Å². The van der Waals surface area contributed by atoms with Gasteiger partial charge < -0.3 is 9.84 Å². The molecule has 0 unspecified atom stereocenters. The average Bonchev–Trinajstić information content (AvgIpc) is 2.74. The summed E-state index contributed by atoms with van der Waals surface area (Å²) in [6.45, 7) is 2.92. The molecule has 0 heterocycles. The summed E-state index contributed by atoms with van der Waals surface area (Å²) in [4.78, 5) is 0. The van der Waals surface area contributed by atoms with Crippen molar-refractivity contribution < 1.29 is 9.84 Å². The summed E-state index contributed by atoms with van der Waals surface area (Å²) < 4.78 is 5.96. The lowest BCUT2D eigenvalue weighted by molar-refractivity contribution is 0.165. The van der Waals surface area contributed by atoms with Crippen molar-refractivity contribution in [3.05, 3.63) is 29.8 Å². The third-order valence-corrected chi connectivity index (χ3v) is 4.27. The second-order valence-electron chi connectivity index (χ2n) is 6.05. The normalized spacial score (nSPS) is 18.5. The van der Waals surface area contributed by atoms with Crippen molar-refractivity contribution in [3.8, 4) is 5.75 Å². The molecule has 0 saturated heterocycles. The van der Waals surface area contributed by atoms with E-state index < -0.39 is 0 Å². The maximum Gasteiger partial charge on any atom is 0.119 e. The number of rotatable bonds is 6. The molecule has 2 nitrogen and oxygen atoms in total. The van der Waals surface area contributed by atoms with E-state index >= 15 is 0 Å². The van der Waals surface area contributed by atoms with Gasteiger partial charge in [-0.15, -0.1) is 0 Å². The average molecular weight is 276 g/mol. The van der Waals surface area contributed by atoms with Crippen LogP contribution in [-0.4, -0.2) is 11.7 Å². The van der Waals surface area contributed by atoms with Crippen LogP contribution < -0.4 is 4.74 Å². The number of hydrogen-bond acceptors (Lipinski definition) is 2. The zero-order chi connectivity index (χ0) is 14.2. The molecule has 1 aromatic rings. The first-order chi connectivity index (χ1) is 9.79. The lowest BCUT2D eigenvalue weighted by Gasteiger charge is -2.16. The van der Waals surface area contributed by atoms with Crippen LogP contribution in [0.5, 0.6) is 5.75 Å². The quantitative estimate of drug-likeness (QED) is 0.751. The van der Waals surface area contributed by atoms with Gasteiger partial charge in [0.2, 0.25) is 0 Å². The lowest BCUT2D eigenvalue weighted by Crippen LogP contribution is -2.11. The molecule has 0 aromatic heterocycles. The van der Waals surface area contributed by atoms with E-state index in [0.29, 0.717) is 5.92 Å². The van der Waals surface area contributed by atoms with Gasteiger partial charge in [0.15, 0.2) is 0 Å². The van der Waals surface area contributed by atoms with Crippen LogP contribution in [0.3, 0.4) is 0 Å². The molecule has 20 heavy (non-hydrogen) atoms. The standard InChI is InChI=1S/C18H28O2/c1-2-8-18(19)16-11-7-12-17(13-16)20-14-15-9-5-3-4-6-10-15/h7,11-13,15,18-19H,2-6,8-10,14H2,1H3/t18-/m0/s1. The highest BCUT2D eigenvalue weighted by Crippen LogP contribution is 2.26. The molecule has 1 aromatic carbocycles. The SMILES string of the molecule is CCC[C@H](O)c1cccc(OCC2CCCCCC2)c1. The molecule has 0 bridgehead atoms. The molecule has 1 fully saturated rings. The summed E-state index contributed by atoms with van der Waals surface area (Å²) in [5, 5.41) is 10.0. The Morgan fingerprint density at radius 2 is 1.95 bits per heavy atom. The van der Waals surface area contributed by atoms with Crippen LogP contribution in [0.25, 0.3) is 0 Å². The molecule has 1 aliphatic rings. The minimum absolute atomic E-state index is 0.360. The maximum absolute atomic E-state index is 10.0. The van der Waals surface area contributed by atoms with Crippen molar-refractivity contribution >= 4 is 0 Å². The third-order valence-electron chi connectivity index (χ3n) is 4.27. The van der Waals surface area contributed by atoms with Crippen LogP contribution in [0.1, 0.15) is 70.0 Å². The molecular weight excluding hydrogens is 248 g/mol. The molecule has 0 radical (unpaired) electrons. The predicted octanol–water partition coefficient (Wildman–Crippen LogP) is 4.87. The molecule has 0 amide bonds. The number of aliphatic hydroxyl groups excluding tert-OH is 1. The van der Waals surface area contributed by atoms with Gasteiger partial charge in [0.05, 0.1) is 12.7 Å². The zero-order valence-electron chi connectivity index (χ0n) is 12.7. The summed E-state index contributed by atoms with van der Waals surface area (Å²) >= 11 is 0. The Hall–Kier alpha value is -1.02. The highest BCUT2D eigenvalue weighted by molar-refractivity contribution is 5.29. The van der Waals surface area contributed by atoms with E-state index in [0.717, 1.165) is 30.8 Å². The maximum atomic E-state index is 10.0. The van der Waals surface area contributed by atoms with E-state index in [2.05, 4.69) is 6.92 Å². The minimum atomic E-state index is -0.360. The van der Waals surface area contributed by atoms with Crippen molar-refractivity contribution in [1.29, 1.82) is 0 Å². The van der Waals surface area contributed by atoms with Crippen molar-refractivity contribution in [2.45, 2.75) is 64.4 Å². The molecule has 1 atom stereocenters. The Kier molecular flexibility index (Phi) is 6.38. The van der Waals surface area contributed by atoms with Gasteiger partial charge in [-0.1, -0.05) is 51.2 Å². The van der Waals surface area contributed by atoms with Gasteiger partial charge in [0.1, 0.15) is 5.75 Å². The van der Waals surface area contributed by atoms with Crippen molar-refractivity contribution in [3.63, 3.8) is 0 Å². The largest absolute Gasteiger partial charge is 0.493 e. The number of hydrogen-bond donors (Lipinski definition) is 1. The Morgan fingerprint density at radius 3 is 2.65 bits per heavy atom. The number of benzene rings is 1. The predicted molar refractivity (Wildman–Crippen MR) is 83.0 cm³/mol. The van der Waals surface area contributed by atoms with Gasteiger partial charge >= 0.3 is 0 Å². The van der Waals surface area contributed by atoms with Crippen LogP contribution in [0.15, 0.2) is 24.3 Å². The molecule has 2 rings (SSSR count). The zero-order valence-corrected chi connectivity index (χ0v) is 12.7. The van der Waals surface area contributed by atoms with E-state index in [1.54, 1.807) is 0 Å². The first-order valence-corrected chi connectivity index (χ1v) is 8.20. The minimum Gasteiger partial charge on any atom is -0.493 e. The summed E-state index contributed by atoms with van der Waals surface area (Å²) in [5.41, 5.74) is 0.977. The fraction of sp³-hybridized carbons (Fsp3) is 0.667. The van der Waals surface area contributed by atoms with E-state index in [1.807, 2.05) is 24.3 Å². The van der Waals surface area contributed by atoms with Crippen LogP contribution in [0, 0.1) is 5.92 Å². The highest BCUT2D eigenvalue weighted by atomic mass is 16.5. The van der Waals surface area contributed by atoms with Crippen LogP contribution >= 0.6 is 0 Å². The van der Waals surface area contributed by atoms with E-state index in [4.69, 9.17) is 4.74 Å². The molecule has 112 valence electrons. The van der Waals surface area contributed by atoms with Crippen LogP contribution in [-0.2, 0) is 0 Å². The Labute approximate surface area is 123 Å². The highest BCUT2D eigenvalue weighted by Gasteiger charge is 2.13. The Bertz CT molecular complexity index is 381. The van der Waals surface area contributed by atoms with Gasteiger partial charge in [-0.3, -0.25) is 0 Å². The summed E-state index contributed by atoms with van der Waals surface area (Å²) in [7, 11) is 0. The second-order valence-corrected chi connectivity index (χ2v) is 6.05. The first kappa shape index (κ1) is 15.4. The van der Waals surface area contributed by atoms with Gasteiger partial charge in [0.25, 0.3) is 0 Å². The number of aliphatic hydroxyl groups is 1. The van der Waals surface area contributed by atoms with E-state index in [9.17, 15) is 5.11 Å². The van der Waals surface area contributed by atoms with Crippen LogP contribution in [0.2, 0.25) is 0 Å². The Balaban J connectivity index is 1.87.